The van der Waals surface area contributed by atoms with Crippen molar-refractivity contribution in [1.82, 2.24) is 0 Å². The molecule has 0 aromatic rings. The lowest BCUT2D eigenvalue weighted by Gasteiger charge is -2.40. The van der Waals surface area contributed by atoms with E-state index in [1.165, 1.54) is 27.7 Å². The monoisotopic (exact) mass is 374 g/mol. The Kier molecular flexibility index (Phi) is 6.59. The summed E-state index contributed by atoms with van der Waals surface area (Å²) >= 11 is 0. The molecule has 0 aromatic carbocycles. The summed E-state index contributed by atoms with van der Waals surface area (Å²) in [5, 5.41) is 43.1. The second-order valence-corrected chi connectivity index (χ2v) is 6.25. The third kappa shape index (κ3) is 2.74. The van der Waals surface area contributed by atoms with Crippen molar-refractivity contribution in [2.75, 3.05) is 0 Å². The van der Waals surface area contributed by atoms with Crippen LogP contribution in [-0.2, 0) is 23.9 Å². The van der Waals surface area contributed by atoms with E-state index in [-0.39, 0.29) is 6.42 Å². The van der Waals surface area contributed by atoms with Crippen molar-refractivity contribution in [1.29, 1.82) is 0 Å². The lowest BCUT2D eigenvalue weighted by atomic mass is 9.67. The Bertz CT molecular complexity index is 615. The maximum atomic E-state index is 12.5. The number of ether oxygens (including phenoxy) is 1. The van der Waals surface area contributed by atoms with Crippen molar-refractivity contribution >= 4 is 23.1 Å². The normalized spacial score (nSPS) is 35.2. The molecular weight excluding hydrogens is 348 g/mol. The average molecular weight is 374 g/mol. The van der Waals surface area contributed by atoms with Gasteiger partial charge in [-0.25, -0.2) is 0 Å². The van der Waals surface area contributed by atoms with Crippen molar-refractivity contribution < 1.29 is 44.3 Å². The Balaban J connectivity index is 3.81. The number of aliphatic hydroxyl groups excluding tert-OH is 1. The van der Waals surface area contributed by atoms with Crippen molar-refractivity contribution in [2.24, 2.45) is 0 Å². The Morgan fingerprint density at radius 3 is 1.69 bits per heavy atom. The zero-order chi connectivity index (χ0) is 20.5. The fraction of sp³-hybridized carbons (Fsp3) is 0.765. The Morgan fingerprint density at radius 1 is 0.846 bits per heavy atom. The minimum absolute atomic E-state index is 0.211. The van der Waals surface area contributed by atoms with Gasteiger partial charge in [0.2, 0.25) is 5.60 Å². The molecule has 0 aromatic heterocycles. The molecule has 1 saturated heterocycles. The van der Waals surface area contributed by atoms with E-state index in [2.05, 4.69) is 0 Å². The predicted octanol–water partition coefficient (Wildman–Crippen LogP) is -1.19. The van der Waals surface area contributed by atoms with E-state index in [0.29, 0.717) is 0 Å². The van der Waals surface area contributed by atoms with Crippen LogP contribution in [0, 0.1) is 0 Å². The molecule has 9 nitrogen and oxygen atoms in total. The fourth-order valence-corrected chi connectivity index (χ4v) is 3.28. The van der Waals surface area contributed by atoms with Crippen LogP contribution in [0.1, 0.15) is 53.4 Å². The van der Waals surface area contributed by atoms with E-state index in [1.807, 2.05) is 0 Å². The van der Waals surface area contributed by atoms with E-state index < -0.39 is 71.6 Å². The zero-order valence-corrected chi connectivity index (χ0v) is 15.3. The zero-order valence-electron chi connectivity index (χ0n) is 15.3. The number of rotatable bonds is 9. The van der Waals surface area contributed by atoms with Crippen LogP contribution in [0.2, 0.25) is 0 Å². The van der Waals surface area contributed by atoms with Gasteiger partial charge in [0.1, 0.15) is 12.2 Å². The fourth-order valence-electron chi connectivity index (χ4n) is 3.28. The SMILES string of the molecule is CCC(=O)C(O)[C@H]1OC(O)(C(=O)CC)[C@@](O)(C(=O)CC)[C@@]1(O)C(=O)CC. The van der Waals surface area contributed by atoms with E-state index in [9.17, 15) is 39.6 Å². The van der Waals surface area contributed by atoms with E-state index in [1.54, 1.807) is 0 Å². The third-order valence-electron chi connectivity index (χ3n) is 4.89. The second kappa shape index (κ2) is 7.61. The molecule has 5 atom stereocenters. The van der Waals surface area contributed by atoms with Crippen molar-refractivity contribution in [3.05, 3.63) is 0 Å². The van der Waals surface area contributed by atoms with Gasteiger partial charge in [0, 0.05) is 25.7 Å². The molecule has 9 heteroatoms. The lowest BCUT2D eigenvalue weighted by Crippen LogP contribution is -2.73. The number of Topliss-reactive ketones (excluding diaryl/α,β-unsaturated/α-hetero) is 4. The van der Waals surface area contributed by atoms with Crippen molar-refractivity contribution in [3.63, 3.8) is 0 Å². The molecule has 0 bridgehead atoms. The summed E-state index contributed by atoms with van der Waals surface area (Å²) < 4.78 is 5.06. The average Bonchev–Trinajstić information content (AvgIpc) is 2.85. The molecule has 1 aliphatic rings. The smallest absolute Gasteiger partial charge is 0.267 e. The van der Waals surface area contributed by atoms with E-state index in [0.717, 1.165) is 0 Å². The quantitative estimate of drug-likeness (QED) is 0.389. The summed E-state index contributed by atoms with van der Waals surface area (Å²) in [6.07, 6.45) is -5.82. The van der Waals surface area contributed by atoms with E-state index >= 15 is 0 Å². The van der Waals surface area contributed by atoms with Gasteiger partial charge < -0.3 is 25.2 Å². The van der Waals surface area contributed by atoms with Gasteiger partial charge in [0.15, 0.2) is 28.7 Å². The van der Waals surface area contributed by atoms with Crippen LogP contribution >= 0.6 is 0 Å². The summed E-state index contributed by atoms with van der Waals surface area (Å²) in [7, 11) is 0. The van der Waals surface area contributed by atoms with Gasteiger partial charge in [-0.05, 0) is 0 Å². The molecule has 4 N–H and O–H groups in total. The maximum Gasteiger partial charge on any atom is 0.267 e. The molecule has 1 rings (SSSR count). The number of carbonyl (C=O) groups is 4. The van der Waals surface area contributed by atoms with Crippen LogP contribution in [0.5, 0.6) is 0 Å². The molecule has 1 heterocycles. The number of hydrogen-bond acceptors (Lipinski definition) is 9. The predicted molar refractivity (Wildman–Crippen MR) is 86.9 cm³/mol. The molecule has 148 valence electrons. The van der Waals surface area contributed by atoms with Crippen LogP contribution in [0.3, 0.4) is 0 Å². The first kappa shape index (κ1) is 22.5. The molecule has 1 aliphatic heterocycles. The van der Waals surface area contributed by atoms with Crippen LogP contribution in [0.15, 0.2) is 0 Å². The minimum Gasteiger partial charge on any atom is -0.382 e. The second-order valence-electron chi connectivity index (χ2n) is 6.25. The number of ketones is 4. The molecule has 0 saturated carbocycles. The summed E-state index contributed by atoms with van der Waals surface area (Å²) in [5.74, 6) is -7.72. The largest absolute Gasteiger partial charge is 0.382 e. The van der Waals surface area contributed by atoms with Gasteiger partial charge in [0.05, 0.1) is 0 Å². The van der Waals surface area contributed by atoms with Gasteiger partial charge in [-0.3, -0.25) is 19.2 Å². The van der Waals surface area contributed by atoms with Gasteiger partial charge in [-0.2, -0.15) is 0 Å². The number of aliphatic hydroxyl groups is 4. The first-order valence-electron chi connectivity index (χ1n) is 8.59. The first-order valence-corrected chi connectivity index (χ1v) is 8.59. The lowest BCUT2D eigenvalue weighted by molar-refractivity contribution is -0.252. The molecule has 0 amide bonds. The van der Waals surface area contributed by atoms with Gasteiger partial charge in [-0.1, -0.05) is 27.7 Å². The van der Waals surface area contributed by atoms with Crippen LogP contribution in [0.25, 0.3) is 0 Å². The topological polar surface area (TPSA) is 158 Å². The highest BCUT2D eigenvalue weighted by Gasteiger charge is 2.81. The molecule has 26 heavy (non-hydrogen) atoms. The van der Waals surface area contributed by atoms with Gasteiger partial charge in [-0.15, -0.1) is 0 Å². The van der Waals surface area contributed by atoms with Gasteiger partial charge in [0.25, 0.3) is 5.79 Å². The summed E-state index contributed by atoms with van der Waals surface area (Å²) in [6.45, 7) is 5.30. The molecule has 1 fully saturated rings. The van der Waals surface area contributed by atoms with Crippen LogP contribution in [-0.4, -0.2) is 72.8 Å². The summed E-state index contributed by atoms with van der Waals surface area (Å²) in [4.78, 5) is 49.2. The molecule has 0 aliphatic carbocycles. The Labute approximate surface area is 151 Å². The summed E-state index contributed by atoms with van der Waals surface area (Å²) in [5.41, 5.74) is -6.55. The number of hydrogen-bond donors (Lipinski definition) is 4. The van der Waals surface area contributed by atoms with Crippen LogP contribution in [0.4, 0.5) is 0 Å². The minimum atomic E-state index is -3.37. The third-order valence-corrected chi connectivity index (χ3v) is 4.89. The maximum absolute atomic E-state index is 12.5. The molecule has 2 unspecified atom stereocenters. The standard InChI is InChI=1S/C17H26O9/c1-5-9(18)13(22)14-15(23,10(19)6-2)16(24,11(20)7-3)17(25,26-14)12(21)8-4/h13-14,22-25H,5-8H2,1-4H3/t13?,14-,15-,16-,17?/m1/s1. The molecule has 0 spiro atoms. The highest BCUT2D eigenvalue weighted by molar-refractivity contribution is 6.07. The molecule has 0 radical (unpaired) electrons. The highest BCUT2D eigenvalue weighted by atomic mass is 16.7. The van der Waals surface area contributed by atoms with Gasteiger partial charge >= 0.3 is 0 Å². The molecular formula is C17H26O9. The van der Waals surface area contributed by atoms with E-state index in [4.69, 9.17) is 4.74 Å². The first-order chi connectivity index (χ1) is 11.9. The van der Waals surface area contributed by atoms with Crippen molar-refractivity contribution in [3.8, 4) is 0 Å². The van der Waals surface area contributed by atoms with Crippen molar-refractivity contribution in [2.45, 2.75) is 82.6 Å². The summed E-state index contributed by atoms with van der Waals surface area (Å²) in [6, 6.07) is 0. The van der Waals surface area contributed by atoms with Crippen LogP contribution < -0.4 is 0 Å². The highest BCUT2D eigenvalue weighted by Crippen LogP contribution is 2.49. The number of carbonyl (C=O) groups excluding carboxylic acids is 4. The Morgan fingerprint density at radius 2 is 1.31 bits per heavy atom. The Hall–Kier alpha value is -1.52.